The number of amides is 2. The predicted octanol–water partition coefficient (Wildman–Crippen LogP) is 5.34. The molecule has 8 heteroatoms. The number of rotatable bonds is 8. The molecule has 0 radical (unpaired) electrons. The van der Waals surface area contributed by atoms with Crippen molar-refractivity contribution >= 4 is 46.6 Å². The lowest BCUT2D eigenvalue weighted by Gasteiger charge is -2.13. The number of hydrogen-bond donors (Lipinski definition) is 2. The van der Waals surface area contributed by atoms with Gasteiger partial charge < -0.3 is 20.1 Å². The van der Waals surface area contributed by atoms with Gasteiger partial charge in [-0.05, 0) is 48.5 Å². The van der Waals surface area contributed by atoms with Gasteiger partial charge in [0.1, 0.15) is 17.1 Å². The molecule has 0 unspecified atom stereocenters. The van der Waals surface area contributed by atoms with Crippen LogP contribution in [0.3, 0.4) is 0 Å². The number of carbonyl (C=O) groups is 2. The average molecular weight is 457 g/mol. The third-order valence-corrected chi connectivity index (χ3v) is 5.63. The summed E-state index contributed by atoms with van der Waals surface area (Å²) in [5, 5.41) is 6.11. The molecule has 3 aromatic rings. The molecule has 0 atom stereocenters. The van der Waals surface area contributed by atoms with Gasteiger partial charge in [-0.1, -0.05) is 29.8 Å². The van der Waals surface area contributed by atoms with Crippen molar-refractivity contribution in [1.82, 2.24) is 0 Å². The topological polar surface area (TPSA) is 76.7 Å². The van der Waals surface area contributed by atoms with E-state index in [0.717, 1.165) is 4.90 Å². The number of carbonyl (C=O) groups excluding carboxylic acids is 2. The lowest BCUT2D eigenvalue weighted by atomic mass is 10.1. The van der Waals surface area contributed by atoms with E-state index in [2.05, 4.69) is 10.6 Å². The summed E-state index contributed by atoms with van der Waals surface area (Å²) in [6, 6.07) is 19.4. The molecular weight excluding hydrogens is 436 g/mol. The Balaban J connectivity index is 1.59. The molecule has 0 heterocycles. The molecular formula is C23H21ClN2O4S. The van der Waals surface area contributed by atoms with Gasteiger partial charge in [-0.15, -0.1) is 11.8 Å². The maximum atomic E-state index is 12.7. The molecule has 3 rings (SSSR count). The average Bonchev–Trinajstić information content (AvgIpc) is 2.79. The standard InChI is InChI=1S/C23H21ClN2O4S/c1-29-19-8-5-9-20(30-2)22(19)23(28)25-15-10-12-16(13-11-15)31-14-21(27)26-18-7-4-3-6-17(18)24/h3-13H,14H2,1-2H3,(H,25,28)(H,26,27). The minimum atomic E-state index is -0.339. The van der Waals surface area contributed by atoms with Crippen molar-refractivity contribution in [3.63, 3.8) is 0 Å². The minimum Gasteiger partial charge on any atom is -0.496 e. The summed E-state index contributed by atoms with van der Waals surface area (Å²) < 4.78 is 10.6. The summed E-state index contributed by atoms with van der Waals surface area (Å²) in [4.78, 5) is 25.8. The lowest BCUT2D eigenvalue weighted by Crippen LogP contribution is -2.15. The third kappa shape index (κ3) is 5.93. The Morgan fingerprint density at radius 2 is 1.52 bits per heavy atom. The van der Waals surface area contributed by atoms with Crippen LogP contribution in [0.25, 0.3) is 0 Å². The van der Waals surface area contributed by atoms with E-state index >= 15 is 0 Å². The van der Waals surface area contributed by atoms with Crippen LogP contribution in [0.4, 0.5) is 11.4 Å². The van der Waals surface area contributed by atoms with E-state index in [1.54, 1.807) is 48.5 Å². The van der Waals surface area contributed by atoms with E-state index < -0.39 is 0 Å². The Morgan fingerprint density at radius 1 is 0.871 bits per heavy atom. The zero-order chi connectivity index (χ0) is 22.2. The Labute approximate surface area is 189 Å². The van der Waals surface area contributed by atoms with Crippen LogP contribution in [-0.2, 0) is 4.79 Å². The molecule has 0 spiro atoms. The quantitative estimate of drug-likeness (QED) is 0.447. The van der Waals surface area contributed by atoms with Crippen molar-refractivity contribution in [3.8, 4) is 11.5 Å². The molecule has 0 bridgehead atoms. The fraction of sp³-hybridized carbons (Fsp3) is 0.130. The van der Waals surface area contributed by atoms with Crippen molar-refractivity contribution in [2.24, 2.45) is 0 Å². The predicted molar refractivity (Wildman–Crippen MR) is 125 cm³/mol. The molecule has 2 N–H and O–H groups in total. The molecule has 6 nitrogen and oxygen atoms in total. The van der Waals surface area contributed by atoms with E-state index in [1.807, 2.05) is 18.2 Å². The van der Waals surface area contributed by atoms with Crippen molar-refractivity contribution in [2.75, 3.05) is 30.6 Å². The summed E-state index contributed by atoms with van der Waals surface area (Å²) in [5.41, 5.74) is 1.52. The van der Waals surface area contributed by atoms with Crippen LogP contribution in [0.5, 0.6) is 11.5 Å². The SMILES string of the molecule is COc1cccc(OC)c1C(=O)Nc1ccc(SCC(=O)Nc2ccccc2Cl)cc1. The first-order chi connectivity index (χ1) is 15.0. The van der Waals surface area contributed by atoms with Crippen molar-refractivity contribution in [1.29, 1.82) is 0 Å². The summed E-state index contributed by atoms with van der Waals surface area (Å²) >= 11 is 7.44. The zero-order valence-corrected chi connectivity index (χ0v) is 18.5. The van der Waals surface area contributed by atoms with E-state index in [4.69, 9.17) is 21.1 Å². The number of hydrogen-bond acceptors (Lipinski definition) is 5. The monoisotopic (exact) mass is 456 g/mol. The van der Waals surface area contributed by atoms with Crippen molar-refractivity contribution < 1.29 is 19.1 Å². The van der Waals surface area contributed by atoms with Gasteiger partial charge in [0, 0.05) is 10.6 Å². The number of ether oxygens (including phenoxy) is 2. The van der Waals surface area contributed by atoms with E-state index in [1.165, 1.54) is 26.0 Å². The zero-order valence-electron chi connectivity index (χ0n) is 17.0. The smallest absolute Gasteiger partial charge is 0.263 e. The highest BCUT2D eigenvalue weighted by Crippen LogP contribution is 2.29. The Bertz CT molecular complexity index is 1050. The molecule has 0 aromatic heterocycles. The van der Waals surface area contributed by atoms with Gasteiger partial charge in [0.25, 0.3) is 5.91 Å². The highest BCUT2D eigenvalue weighted by molar-refractivity contribution is 8.00. The molecule has 31 heavy (non-hydrogen) atoms. The van der Waals surface area contributed by atoms with Crippen molar-refractivity contribution in [2.45, 2.75) is 4.90 Å². The molecule has 160 valence electrons. The van der Waals surface area contributed by atoms with Gasteiger partial charge in [0.05, 0.1) is 30.7 Å². The van der Waals surface area contributed by atoms with Gasteiger partial charge >= 0.3 is 0 Å². The highest BCUT2D eigenvalue weighted by atomic mass is 35.5. The number of halogens is 1. The first-order valence-electron chi connectivity index (χ1n) is 9.31. The van der Waals surface area contributed by atoms with Gasteiger partial charge in [-0.25, -0.2) is 0 Å². The lowest BCUT2D eigenvalue weighted by molar-refractivity contribution is -0.113. The molecule has 0 aliphatic heterocycles. The Kier molecular flexibility index (Phi) is 7.81. The van der Waals surface area contributed by atoms with Crippen LogP contribution in [0.2, 0.25) is 5.02 Å². The first kappa shape index (κ1) is 22.5. The molecule has 2 amide bonds. The van der Waals surface area contributed by atoms with E-state index in [9.17, 15) is 9.59 Å². The molecule has 0 fully saturated rings. The van der Waals surface area contributed by atoms with E-state index in [0.29, 0.717) is 33.5 Å². The molecule has 0 saturated heterocycles. The molecule has 0 aliphatic rings. The Hall–Kier alpha value is -3.16. The van der Waals surface area contributed by atoms with Gasteiger partial charge in [-0.3, -0.25) is 9.59 Å². The number of thioether (sulfide) groups is 1. The number of anilines is 2. The normalized spacial score (nSPS) is 10.3. The fourth-order valence-corrected chi connectivity index (χ4v) is 3.68. The number of methoxy groups -OCH3 is 2. The second-order valence-corrected chi connectivity index (χ2v) is 7.79. The van der Waals surface area contributed by atoms with E-state index in [-0.39, 0.29) is 17.6 Å². The van der Waals surface area contributed by atoms with Crippen LogP contribution >= 0.6 is 23.4 Å². The summed E-state index contributed by atoms with van der Waals surface area (Å²) in [7, 11) is 3.00. The minimum absolute atomic E-state index is 0.154. The second-order valence-electron chi connectivity index (χ2n) is 6.33. The van der Waals surface area contributed by atoms with Crippen molar-refractivity contribution in [3.05, 3.63) is 77.3 Å². The molecule has 0 aliphatic carbocycles. The van der Waals surface area contributed by atoms with Crippen LogP contribution in [0, 0.1) is 0 Å². The first-order valence-corrected chi connectivity index (χ1v) is 10.7. The fourth-order valence-electron chi connectivity index (χ4n) is 2.80. The second kappa shape index (κ2) is 10.7. The van der Waals surface area contributed by atoms with Crippen LogP contribution in [-0.4, -0.2) is 31.8 Å². The maximum Gasteiger partial charge on any atom is 0.263 e. The largest absolute Gasteiger partial charge is 0.496 e. The molecule has 0 saturated carbocycles. The number of nitrogens with one attached hydrogen (secondary N) is 2. The highest BCUT2D eigenvalue weighted by Gasteiger charge is 2.18. The van der Waals surface area contributed by atoms with Gasteiger partial charge in [0.2, 0.25) is 5.91 Å². The van der Waals surface area contributed by atoms with Gasteiger partial charge in [-0.2, -0.15) is 0 Å². The van der Waals surface area contributed by atoms with Crippen LogP contribution in [0.15, 0.2) is 71.6 Å². The van der Waals surface area contributed by atoms with Crippen LogP contribution in [0.1, 0.15) is 10.4 Å². The third-order valence-electron chi connectivity index (χ3n) is 4.28. The summed E-state index contributed by atoms with van der Waals surface area (Å²) in [6.45, 7) is 0. The summed E-state index contributed by atoms with van der Waals surface area (Å²) in [6.07, 6.45) is 0. The van der Waals surface area contributed by atoms with Gasteiger partial charge in [0.15, 0.2) is 0 Å². The number of benzene rings is 3. The molecule has 3 aromatic carbocycles. The Morgan fingerprint density at radius 3 is 2.13 bits per heavy atom. The maximum absolute atomic E-state index is 12.7. The van der Waals surface area contributed by atoms with Crippen LogP contribution < -0.4 is 20.1 Å². The number of para-hydroxylation sites is 1. The summed E-state index contributed by atoms with van der Waals surface area (Å²) in [5.74, 6) is 0.588.